The second kappa shape index (κ2) is 5.52. The summed E-state index contributed by atoms with van der Waals surface area (Å²) in [6.45, 7) is 3.54. The van der Waals surface area contributed by atoms with Crippen LogP contribution in [0, 0.1) is 25.2 Å². The lowest BCUT2D eigenvalue weighted by molar-refractivity contribution is 0.588. The van der Waals surface area contributed by atoms with E-state index in [1.165, 1.54) is 3.97 Å². The van der Waals surface area contributed by atoms with E-state index in [1.807, 2.05) is 0 Å². The Morgan fingerprint density at radius 1 is 1.13 bits per heavy atom. The molecule has 0 bridgehead atoms. The Labute approximate surface area is 143 Å². The van der Waals surface area contributed by atoms with Gasteiger partial charge in [0.05, 0.1) is 22.0 Å². The van der Waals surface area contributed by atoms with E-state index in [0.717, 1.165) is 5.56 Å². The summed E-state index contributed by atoms with van der Waals surface area (Å²) in [4.78, 5) is 0.231. The van der Waals surface area contributed by atoms with Crippen molar-refractivity contribution in [2.75, 3.05) is 0 Å². The zero-order valence-corrected chi connectivity index (χ0v) is 14.9. The molecular weight excluding hydrogens is 376 g/mol. The fourth-order valence-corrected chi connectivity index (χ4v) is 4.82. The zero-order valence-electron chi connectivity index (χ0n) is 12.5. The Balaban J connectivity index is 2.42. The quantitative estimate of drug-likeness (QED) is 0.662. The molecule has 0 aliphatic carbocycles. The molecule has 0 saturated heterocycles. The van der Waals surface area contributed by atoms with Gasteiger partial charge in [-0.1, -0.05) is 18.2 Å². The van der Waals surface area contributed by atoms with Gasteiger partial charge in [-0.15, -0.1) is 0 Å². The molecule has 0 unspecified atom stereocenters. The summed E-state index contributed by atoms with van der Waals surface area (Å²) in [5.74, 6) is 0. The van der Waals surface area contributed by atoms with E-state index < -0.39 is 10.0 Å². The molecule has 23 heavy (non-hydrogen) atoms. The number of halogens is 1. The summed E-state index contributed by atoms with van der Waals surface area (Å²) in [5.41, 5.74) is 2.43. The van der Waals surface area contributed by atoms with E-state index in [-0.39, 0.29) is 4.90 Å². The third-order valence-electron chi connectivity index (χ3n) is 3.82. The molecule has 4 nitrogen and oxygen atoms in total. The van der Waals surface area contributed by atoms with Crippen molar-refractivity contribution in [2.45, 2.75) is 18.7 Å². The molecule has 0 radical (unpaired) electrons. The summed E-state index contributed by atoms with van der Waals surface area (Å²) in [5, 5.41) is 9.90. The lowest BCUT2D eigenvalue weighted by atomic mass is 10.1. The fourth-order valence-electron chi connectivity index (χ4n) is 2.63. The lowest BCUT2D eigenvalue weighted by Crippen LogP contribution is -2.14. The second-order valence-electron chi connectivity index (χ2n) is 5.28. The fraction of sp³-hybridized carbons (Fsp3) is 0.118. The molecule has 6 heteroatoms. The van der Waals surface area contributed by atoms with Gasteiger partial charge in [0.2, 0.25) is 0 Å². The van der Waals surface area contributed by atoms with E-state index in [0.29, 0.717) is 26.6 Å². The van der Waals surface area contributed by atoms with E-state index in [4.69, 9.17) is 0 Å². The first-order valence-electron chi connectivity index (χ1n) is 6.90. The summed E-state index contributed by atoms with van der Waals surface area (Å²) in [7, 11) is -3.71. The maximum Gasteiger partial charge on any atom is 0.268 e. The summed E-state index contributed by atoms with van der Waals surface area (Å²) in [6, 6.07) is 13.9. The summed E-state index contributed by atoms with van der Waals surface area (Å²) >= 11 is 3.46. The number of rotatable bonds is 2. The molecule has 1 heterocycles. The molecule has 0 atom stereocenters. The highest BCUT2D eigenvalue weighted by Gasteiger charge is 2.24. The van der Waals surface area contributed by atoms with E-state index in [1.54, 1.807) is 56.3 Å². The van der Waals surface area contributed by atoms with Crippen LogP contribution >= 0.6 is 15.9 Å². The van der Waals surface area contributed by atoms with Crippen LogP contribution in [0.4, 0.5) is 0 Å². The molecule has 0 saturated carbocycles. The summed E-state index contributed by atoms with van der Waals surface area (Å²) in [6.07, 6.45) is 0. The van der Waals surface area contributed by atoms with Crippen molar-refractivity contribution in [3.05, 3.63) is 63.8 Å². The molecule has 0 aliphatic heterocycles. The third kappa shape index (κ3) is 2.37. The van der Waals surface area contributed by atoms with Gasteiger partial charge < -0.3 is 0 Å². The maximum atomic E-state index is 13.0. The minimum absolute atomic E-state index is 0.231. The molecular formula is C17H13BrN2O2S. The Bertz CT molecular complexity index is 1060. The number of aryl methyl sites for hydroxylation is 1. The topological polar surface area (TPSA) is 62.9 Å². The first kappa shape index (κ1) is 15.8. The van der Waals surface area contributed by atoms with E-state index in [9.17, 15) is 13.7 Å². The molecule has 2 aromatic carbocycles. The SMILES string of the molecule is Cc1cc2c(cc1C#N)c(Br)c(C)n2S(=O)(=O)c1ccccc1. The van der Waals surface area contributed by atoms with Gasteiger partial charge in [-0.3, -0.25) is 0 Å². The van der Waals surface area contributed by atoms with Gasteiger partial charge in [0, 0.05) is 15.6 Å². The minimum Gasteiger partial charge on any atom is -0.237 e. The van der Waals surface area contributed by atoms with Crippen molar-refractivity contribution in [1.29, 1.82) is 5.26 Å². The number of nitriles is 1. The largest absolute Gasteiger partial charge is 0.268 e. The number of fused-ring (bicyclic) bond motifs is 1. The monoisotopic (exact) mass is 388 g/mol. The Morgan fingerprint density at radius 2 is 1.78 bits per heavy atom. The van der Waals surface area contributed by atoms with Crippen LogP contribution in [0.2, 0.25) is 0 Å². The molecule has 1 aromatic heterocycles. The minimum atomic E-state index is -3.71. The lowest BCUT2D eigenvalue weighted by Gasteiger charge is -2.10. The Hall–Kier alpha value is -2.10. The van der Waals surface area contributed by atoms with Crippen LogP contribution in [0.5, 0.6) is 0 Å². The van der Waals surface area contributed by atoms with Crippen LogP contribution in [0.3, 0.4) is 0 Å². The molecule has 3 aromatic rings. The Morgan fingerprint density at radius 3 is 2.39 bits per heavy atom. The van der Waals surface area contributed by atoms with Gasteiger partial charge >= 0.3 is 0 Å². The van der Waals surface area contributed by atoms with Crippen LogP contribution in [0.25, 0.3) is 10.9 Å². The Kier molecular flexibility index (Phi) is 3.78. The van der Waals surface area contributed by atoms with Gasteiger partial charge in [-0.2, -0.15) is 5.26 Å². The first-order valence-corrected chi connectivity index (χ1v) is 9.13. The zero-order chi connectivity index (χ0) is 16.8. The maximum absolute atomic E-state index is 13.0. The van der Waals surface area contributed by atoms with Crippen LogP contribution in [0.15, 0.2) is 51.8 Å². The van der Waals surface area contributed by atoms with Crippen molar-refractivity contribution in [1.82, 2.24) is 3.97 Å². The first-order chi connectivity index (χ1) is 10.9. The average Bonchev–Trinajstić information content (AvgIpc) is 2.78. The van der Waals surface area contributed by atoms with Crippen LogP contribution in [0.1, 0.15) is 16.8 Å². The predicted octanol–water partition coefficient (Wildman–Crippen LogP) is 4.13. The second-order valence-corrected chi connectivity index (χ2v) is 7.86. The average molecular weight is 389 g/mol. The molecule has 0 fully saturated rings. The van der Waals surface area contributed by atoms with Crippen molar-refractivity contribution in [3.8, 4) is 6.07 Å². The smallest absolute Gasteiger partial charge is 0.237 e. The van der Waals surface area contributed by atoms with Crippen molar-refractivity contribution < 1.29 is 8.42 Å². The summed E-state index contributed by atoms with van der Waals surface area (Å²) < 4.78 is 28.1. The van der Waals surface area contributed by atoms with Crippen molar-refractivity contribution >= 4 is 36.9 Å². The van der Waals surface area contributed by atoms with Gasteiger partial charge in [0.25, 0.3) is 10.0 Å². The highest BCUT2D eigenvalue weighted by atomic mass is 79.9. The number of nitrogens with zero attached hydrogens (tertiary/aromatic N) is 2. The van der Waals surface area contributed by atoms with Crippen LogP contribution < -0.4 is 0 Å². The predicted molar refractivity (Wildman–Crippen MR) is 92.9 cm³/mol. The number of hydrogen-bond donors (Lipinski definition) is 0. The molecule has 0 amide bonds. The number of aromatic nitrogens is 1. The van der Waals surface area contributed by atoms with Crippen molar-refractivity contribution in [2.24, 2.45) is 0 Å². The number of benzene rings is 2. The van der Waals surface area contributed by atoms with Gasteiger partial charge in [-0.25, -0.2) is 12.4 Å². The highest BCUT2D eigenvalue weighted by Crippen LogP contribution is 2.35. The standard InChI is InChI=1S/C17H13BrN2O2S/c1-11-8-16-15(9-13(11)10-19)17(18)12(2)20(16)23(21,22)14-6-4-3-5-7-14/h3-9H,1-2H3. The normalized spacial score (nSPS) is 11.6. The van der Waals surface area contributed by atoms with Crippen molar-refractivity contribution in [3.63, 3.8) is 0 Å². The van der Waals surface area contributed by atoms with E-state index >= 15 is 0 Å². The number of hydrogen-bond acceptors (Lipinski definition) is 3. The van der Waals surface area contributed by atoms with Crippen LogP contribution in [-0.2, 0) is 10.0 Å². The molecule has 0 spiro atoms. The molecule has 3 rings (SSSR count). The molecule has 0 aliphatic rings. The molecule has 0 N–H and O–H groups in total. The van der Waals surface area contributed by atoms with Gasteiger partial charge in [-0.05, 0) is 59.6 Å². The van der Waals surface area contributed by atoms with Gasteiger partial charge in [0.15, 0.2) is 0 Å². The van der Waals surface area contributed by atoms with E-state index in [2.05, 4.69) is 22.0 Å². The molecule has 116 valence electrons. The van der Waals surface area contributed by atoms with Gasteiger partial charge in [0.1, 0.15) is 0 Å². The van der Waals surface area contributed by atoms with Crippen LogP contribution in [-0.4, -0.2) is 12.4 Å². The third-order valence-corrected chi connectivity index (χ3v) is 6.64. The highest BCUT2D eigenvalue weighted by molar-refractivity contribution is 9.10.